The van der Waals surface area contributed by atoms with Gasteiger partial charge in [-0.2, -0.15) is 13.2 Å². The highest BCUT2D eigenvalue weighted by Gasteiger charge is 2.30. The fourth-order valence-electron chi connectivity index (χ4n) is 2.15. The fraction of sp³-hybridized carbons (Fsp3) is 0.176. The smallest absolute Gasteiger partial charge is 0.416 e. The molecule has 0 saturated carbocycles. The van der Waals surface area contributed by atoms with Crippen molar-refractivity contribution in [3.05, 3.63) is 69.3 Å². The van der Waals surface area contributed by atoms with Crippen molar-refractivity contribution in [2.45, 2.75) is 13.1 Å². The highest BCUT2D eigenvalue weighted by atomic mass is 19.4. The number of hydrogen-bond donors (Lipinski definition) is 1. The molecule has 0 aliphatic rings. The van der Waals surface area contributed by atoms with Crippen molar-refractivity contribution in [1.29, 1.82) is 0 Å². The first-order valence-corrected chi connectivity index (χ1v) is 7.48. The number of carbonyl (C=O) groups excluding carboxylic acids is 2. The third kappa shape index (κ3) is 5.03. The van der Waals surface area contributed by atoms with Crippen LogP contribution in [0.25, 0.3) is 0 Å². The molecule has 1 N–H and O–H groups in total. The van der Waals surface area contributed by atoms with Gasteiger partial charge in [0.25, 0.3) is 11.6 Å². The number of benzene rings is 2. The van der Waals surface area contributed by atoms with E-state index in [0.29, 0.717) is 17.7 Å². The Morgan fingerprint density at radius 1 is 1.15 bits per heavy atom. The van der Waals surface area contributed by atoms with E-state index in [1.54, 1.807) is 13.0 Å². The van der Waals surface area contributed by atoms with Crippen LogP contribution in [0.4, 0.5) is 24.5 Å². The molecule has 0 radical (unpaired) electrons. The molecule has 27 heavy (non-hydrogen) atoms. The lowest BCUT2D eigenvalue weighted by molar-refractivity contribution is -0.384. The van der Waals surface area contributed by atoms with Crippen molar-refractivity contribution in [2.24, 2.45) is 0 Å². The molecule has 0 aromatic heterocycles. The Hall–Kier alpha value is -3.43. The molecule has 0 fully saturated rings. The molecule has 0 bridgehead atoms. The van der Waals surface area contributed by atoms with E-state index in [-0.39, 0.29) is 16.9 Å². The summed E-state index contributed by atoms with van der Waals surface area (Å²) in [5.41, 5.74) is -1.01. The molecular formula is C17H13F3N2O5. The summed E-state index contributed by atoms with van der Waals surface area (Å²) in [4.78, 5) is 34.0. The number of anilines is 1. The predicted molar refractivity (Wildman–Crippen MR) is 88.2 cm³/mol. The van der Waals surface area contributed by atoms with Gasteiger partial charge >= 0.3 is 12.1 Å². The molecule has 0 spiro atoms. The largest absolute Gasteiger partial charge is 0.452 e. The number of alkyl halides is 3. The maximum absolute atomic E-state index is 12.5. The second-order valence-corrected chi connectivity index (χ2v) is 5.43. The van der Waals surface area contributed by atoms with Crippen molar-refractivity contribution >= 4 is 23.3 Å². The molecule has 2 aromatic rings. The molecule has 0 saturated heterocycles. The number of nitrogens with zero attached hydrogens (tertiary/aromatic N) is 1. The van der Waals surface area contributed by atoms with Gasteiger partial charge in [-0.25, -0.2) is 4.79 Å². The quantitative estimate of drug-likeness (QED) is 0.483. The average molecular weight is 382 g/mol. The Morgan fingerprint density at radius 2 is 1.78 bits per heavy atom. The van der Waals surface area contributed by atoms with E-state index in [0.717, 1.165) is 12.1 Å². The number of halogens is 3. The first-order chi connectivity index (χ1) is 12.6. The molecule has 10 heteroatoms. The minimum atomic E-state index is -4.54. The molecule has 1 amide bonds. The maximum Gasteiger partial charge on any atom is 0.416 e. The van der Waals surface area contributed by atoms with Crippen LogP contribution in [-0.4, -0.2) is 23.4 Å². The van der Waals surface area contributed by atoms with E-state index in [1.165, 1.54) is 12.1 Å². The molecule has 0 atom stereocenters. The van der Waals surface area contributed by atoms with Crippen LogP contribution in [-0.2, 0) is 15.7 Å². The van der Waals surface area contributed by atoms with Crippen LogP contribution in [0.3, 0.4) is 0 Å². The predicted octanol–water partition coefficient (Wildman–Crippen LogP) is 3.72. The Bertz CT molecular complexity index is 879. The number of carbonyl (C=O) groups is 2. The highest BCUT2D eigenvalue weighted by Crippen LogP contribution is 2.29. The summed E-state index contributed by atoms with van der Waals surface area (Å²) >= 11 is 0. The van der Waals surface area contributed by atoms with Gasteiger partial charge in [-0.1, -0.05) is 12.1 Å². The van der Waals surface area contributed by atoms with E-state index in [4.69, 9.17) is 4.74 Å². The van der Waals surface area contributed by atoms with E-state index in [9.17, 15) is 32.9 Å². The van der Waals surface area contributed by atoms with Gasteiger partial charge in [0.15, 0.2) is 6.61 Å². The minimum absolute atomic E-state index is 0.0296. The number of aryl methyl sites for hydroxylation is 1. The zero-order chi connectivity index (χ0) is 20.2. The van der Waals surface area contributed by atoms with Gasteiger partial charge < -0.3 is 10.1 Å². The number of esters is 1. The molecule has 2 rings (SSSR count). The molecular weight excluding hydrogens is 369 g/mol. The number of hydrogen-bond acceptors (Lipinski definition) is 5. The molecule has 0 unspecified atom stereocenters. The summed E-state index contributed by atoms with van der Waals surface area (Å²) in [5.74, 6) is -1.83. The lowest BCUT2D eigenvalue weighted by Gasteiger charge is -2.10. The van der Waals surface area contributed by atoms with Gasteiger partial charge in [0.1, 0.15) is 5.69 Å². The SMILES string of the molecule is Cc1cccc([N+](=O)[O-])c1NC(=O)COC(=O)c1ccc(C(F)(F)F)cc1. The van der Waals surface area contributed by atoms with E-state index in [1.807, 2.05) is 0 Å². The number of amides is 1. The van der Waals surface area contributed by atoms with E-state index >= 15 is 0 Å². The zero-order valence-electron chi connectivity index (χ0n) is 13.9. The monoisotopic (exact) mass is 382 g/mol. The van der Waals surface area contributed by atoms with Gasteiger partial charge in [-0.05, 0) is 36.8 Å². The number of nitrogens with one attached hydrogen (secondary N) is 1. The van der Waals surface area contributed by atoms with Crippen molar-refractivity contribution in [3.63, 3.8) is 0 Å². The molecule has 2 aromatic carbocycles. The standard InChI is InChI=1S/C17H13F3N2O5/c1-10-3-2-4-13(22(25)26)15(10)21-14(23)9-27-16(24)11-5-7-12(8-6-11)17(18,19)20/h2-8H,9H2,1H3,(H,21,23). The third-order valence-corrected chi connectivity index (χ3v) is 3.49. The van der Waals surface area contributed by atoms with Gasteiger partial charge in [0, 0.05) is 6.07 Å². The number of ether oxygens (including phenoxy) is 1. The summed E-state index contributed by atoms with van der Waals surface area (Å²) in [5, 5.41) is 13.3. The van der Waals surface area contributed by atoms with Gasteiger partial charge in [-0.3, -0.25) is 14.9 Å². The Kier molecular flexibility index (Phi) is 5.78. The number of nitro benzene ring substituents is 1. The van der Waals surface area contributed by atoms with Crippen molar-refractivity contribution in [2.75, 3.05) is 11.9 Å². The van der Waals surface area contributed by atoms with Crippen LogP contribution in [0.1, 0.15) is 21.5 Å². The zero-order valence-corrected chi connectivity index (χ0v) is 13.9. The van der Waals surface area contributed by atoms with Crippen LogP contribution in [0.15, 0.2) is 42.5 Å². The van der Waals surface area contributed by atoms with E-state index in [2.05, 4.69) is 5.32 Å². The first-order valence-electron chi connectivity index (χ1n) is 7.48. The number of para-hydroxylation sites is 1. The average Bonchev–Trinajstić information content (AvgIpc) is 2.60. The van der Waals surface area contributed by atoms with Crippen molar-refractivity contribution in [1.82, 2.24) is 0 Å². The highest BCUT2D eigenvalue weighted by molar-refractivity contribution is 5.97. The van der Waals surface area contributed by atoms with Crippen LogP contribution in [0.5, 0.6) is 0 Å². The Balaban J connectivity index is 2.00. The van der Waals surface area contributed by atoms with E-state index < -0.39 is 35.1 Å². The minimum Gasteiger partial charge on any atom is -0.452 e. The van der Waals surface area contributed by atoms with Crippen LogP contribution >= 0.6 is 0 Å². The maximum atomic E-state index is 12.5. The van der Waals surface area contributed by atoms with Gasteiger partial charge in [0.2, 0.25) is 0 Å². The summed E-state index contributed by atoms with van der Waals surface area (Å²) in [6.07, 6.45) is -4.54. The number of nitro groups is 1. The molecule has 7 nitrogen and oxygen atoms in total. The third-order valence-electron chi connectivity index (χ3n) is 3.49. The first kappa shape index (κ1) is 19.9. The lowest BCUT2D eigenvalue weighted by Crippen LogP contribution is -2.22. The fourth-order valence-corrected chi connectivity index (χ4v) is 2.15. The van der Waals surface area contributed by atoms with Crippen molar-refractivity contribution < 1.29 is 32.4 Å². The normalized spacial score (nSPS) is 11.0. The summed E-state index contributed by atoms with van der Waals surface area (Å²) < 4.78 is 42.2. The van der Waals surface area contributed by atoms with Crippen LogP contribution in [0.2, 0.25) is 0 Å². The molecule has 0 aliphatic heterocycles. The van der Waals surface area contributed by atoms with Crippen molar-refractivity contribution in [3.8, 4) is 0 Å². The summed E-state index contributed by atoms with van der Waals surface area (Å²) in [7, 11) is 0. The van der Waals surface area contributed by atoms with Crippen LogP contribution in [0, 0.1) is 17.0 Å². The Morgan fingerprint density at radius 3 is 2.33 bits per heavy atom. The van der Waals surface area contributed by atoms with Gasteiger partial charge in [-0.15, -0.1) is 0 Å². The topological polar surface area (TPSA) is 98.5 Å². The molecule has 0 aliphatic carbocycles. The Labute approximate surface area is 150 Å². The second kappa shape index (κ2) is 7.85. The second-order valence-electron chi connectivity index (χ2n) is 5.43. The van der Waals surface area contributed by atoms with Crippen LogP contribution < -0.4 is 5.32 Å². The summed E-state index contributed by atoms with van der Waals surface area (Å²) in [6.45, 7) is 0.794. The molecule has 142 valence electrons. The number of rotatable bonds is 5. The van der Waals surface area contributed by atoms with Gasteiger partial charge in [0.05, 0.1) is 16.1 Å². The summed E-state index contributed by atoms with van der Waals surface area (Å²) in [6, 6.07) is 7.49. The lowest BCUT2D eigenvalue weighted by atomic mass is 10.1. The molecule has 0 heterocycles.